The molecule has 0 amide bonds. The van der Waals surface area contributed by atoms with Crippen LogP contribution in [0.15, 0.2) is 103 Å². The SMILES string of the molecule is Fc1cc(-c2ccc(CC[C@H]3CC[C@H](C4CC[Si](c5ccccc5)(c5ccccc5)CC4)CC3)cc2)ccc1Cl. The first-order chi connectivity index (χ1) is 19.6. The maximum Gasteiger partial charge on any atom is 0.142 e. The van der Waals surface area contributed by atoms with E-state index in [0.717, 1.165) is 35.3 Å². The molecule has 0 spiro atoms. The summed E-state index contributed by atoms with van der Waals surface area (Å²) in [5.74, 6) is 2.33. The minimum absolute atomic E-state index is 0.174. The summed E-state index contributed by atoms with van der Waals surface area (Å²) in [5, 5.41) is 3.45. The Kier molecular flexibility index (Phi) is 8.56. The van der Waals surface area contributed by atoms with Crippen LogP contribution < -0.4 is 10.4 Å². The number of hydrogen-bond acceptors (Lipinski definition) is 0. The smallest absolute Gasteiger partial charge is 0.142 e. The van der Waals surface area contributed by atoms with Gasteiger partial charge in [-0.1, -0.05) is 139 Å². The summed E-state index contributed by atoms with van der Waals surface area (Å²) in [4.78, 5) is 0. The zero-order valence-electron chi connectivity index (χ0n) is 23.4. The number of aryl methyl sites for hydroxylation is 1. The van der Waals surface area contributed by atoms with E-state index in [1.54, 1.807) is 16.4 Å². The third-order valence-electron chi connectivity index (χ3n) is 10.1. The van der Waals surface area contributed by atoms with Crippen LogP contribution in [0, 0.1) is 23.6 Å². The molecule has 40 heavy (non-hydrogen) atoms. The number of benzene rings is 4. The molecule has 6 rings (SSSR count). The minimum Gasteiger partial charge on any atom is -0.205 e. The van der Waals surface area contributed by atoms with Crippen LogP contribution >= 0.6 is 11.6 Å². The highest BCUT2D eigenvalue weighted by atomic mass is 35.5. The molecule has 0 unspecified atom stereocenters. The van der Waals surface area contributed by atoms with Crippen molar-refractivity contribution in [2.45, 2.75) is 63.5 Å². The Morgan fingerprint density at radius 1 is 0.625 bits per heavy atom. The maximum absolute atomic E-state index is 13.9. The molecule has 4 aromatic carbocycles. The Hall–Kier alpha value is -2.68. The molecule has 3 heteroatoms. The Morgan fingerprint density at radius 3 is 1.75 bits per heavy atom. The summed E-state index contributed by atoms with van der Waals surface area (Å²) in [6, 6.07) is 39.5. The topological polar surface area (TPSA) is 0 Å². The van der Waals surface area contributed by atoms with Gasteiger partial charge in [0, 0.05) is 0 Å². The maximum atomic E-state index is 13.9. The Balaban J connectivity index is 1.01. The van der Waals surface area contributed by atoms with Crippen molar-refractivity contribution < 1.29 is 4.39 Å². The fourth-order valence-electron chi connectivity index (χ4n) is 7.72. The lowest BCUT2D eigenvalue weighted by atomic mass is 9.73. The van der Waals surface area contributed by atoms with Gasteiger partial charge in [0.05, 0.1) is 5.02 Å². The minimum atomic E-state index is -1.66. The van der Waals surface area contributed by atoms with E-state index in [1.807, 2.05) is 6.07 Å². The van der Waals surface area contributed by atoms with Crippen molar-refractivity contribution in [1.29, 1.82) is 0 Å². The molecular weight excluding hydrogens is 527 g/mol. The molecule has 1 aliphatic carbocycles. The van der Waals surface area contributed by atoms with Crippen molar-refractivity contribution in [3.05, 3.63) is 120 Å². The molecular formula is C37H40ClFSi. The van der Waals surface area contributed by atoms with E-state index < -0.39 is 8.07 Å². The van der Waals surface area contributed by atoms with Crippen LogP contribution in [0.1, 0.15) is 50.5 Å². The van der Waals surface area contributed by atoms with Crippen molar-refractivity contribution in [1.82, 2.24) is 0 Å². The Labute approximate surface area is 245 Å². The van der Waals surface area contributed by atoms with Gasteiger partial charge in [0.15, 0.2) is 0 Å². The highest BCUT2D eigenvalue weighted by Gasteiger charge is 2.42. The van der Waals surface area contributed by atoms with Crippen molar-refractivity contribution in [3.8, 4) is 11.1 Å². The quantitative estimate of drug-likeness (QED) is 0.195. The highest BCUT2D eigenvalue weighted by Crippen LogP contribution is 2.43. The van der Waals surface area contributed by atoms with Gasteiger partial charge in [0.2, 0.25) is 0 Å². The first-order valence-electron chi connectivity index (χ1n) is 15.3. The third-order valence-corrected chi connectivity index (χ3v) is 15.6. The van der Waals surface area contributed by atoms with Crippen LogP contribution in [0.3, 0.4) is 0 Å². The molecule has 0 aromatic heterocycles. The largest absolute Gasteiger partial charge is 0.205 e. The lowest BCUT2D eigenvalue weighted by molar-refractivity contribution is 0.186. The Bertz CT molecular complexity index is 1330. The predicted molar refractivity (Wildman–Crippen MR) is 171 cm³/mol. The molecule has 1 saturated heterocycles. The number of rotatable bonds is 7. The van der Waals surface area contributed by atoms with Crippen molar-refractivity contribution in [2.24, 2.45) is 17.8 Å². The normalized spacial score (nSPS) is 21.2. The molecule has 0 N–H and O–H groups in total. The zero-order chi connectivity index (χ0) is 27.4. The molecule has 4 aromatic rings. The van der Waals surface area contributed by atoms with Gasteiger partial charge in [-0.3, -0.25) is 0 Å². The number of halogens is 2. The van der Waals surface area contributed by atoms with E-state index in [0.29, 0.717) is 0 Å². The van der Waals surface area contributed by atoms with Gasteiger partial charge >= 0.3 is 0 Å². The van der Waals surface area contributed by atoms with E-state index in [9.17, 15) is 4.39 Å². The van der Waals surface area contributed by atoms with Crippen LogP contribution in [-0.2, 0) is 6.42 Å². The zero-order valence-corrected chi connectivity index (χ0v) is 25.1. The highest BCUT2D eigenvalue weighted by molar-refractivity contribution is 7.02. The second kappa shape index (κ2) is 12.5. The second-order valence-corrected chi connectivity index (χ2v) is 17.0. The predicted octanol–water partition coefficient (Wildman–Crippen LogP) is 9.56. The van der Waals surface area contributed by atoms with Gasteiger partial charge < -0.3 is 0 Å². The monoisotopic (exact) mass is 566 g/mol. The molecule has 0 radical (unpaired) electrons. The first kappa shape index (κ1) is 27.5. The van der Waals surface area contributed by atoms with Gasteiger partial charge in [-0.25, -0.2) is 4.39 Å². The van der Waals surface area contributed by atoms with Crippen LogP contribution in [0.2, 0.25) is 17.1 Å². The van der Waals surface area contributed by atoms with E-state index in [1.165, 1.54) is 68.7 Å². The average molecular weight is 567 g/mol. The summed E-state index contributed by atoms with van der Waals surface area (Å²) >= 11 is 5.85. The van der Waals surface area contributed by atoms with Crippen LogP contribution in [0.25, 0.3) is 11.1 Å². The molecule has 2 aliphatic rings. The van der Waals surface area contributed by atoms with Gasteiger partial charge in [0.25, 0.3) is 0 Å². The molecule has 2 fully saturated rings. The van der Waals surface area contributed by atoms with Gasteiger partial charge in [0.1, 0.15) is 13.9 Å². The lowest BCUT2D eigenvalue weighted by Gasteiger charge is -2.43. The van der Waals surface area contributed by atoms with E-state index in [4.69, 9.17) is 11.6 Å². The molecule has 0 bridgehead atoms. The fourth-order valence-corrected chi connectivity index (χ4v) is 13.0. The molecule has 1 saturated carbocycles. The van der Waals surface area contributed by atoms with Crippen molar-refractivity contribution in [2.75, 3.05) is 0 Å². The fraction of sp³-hybridized carbons (Fsp3) is 0.351. The standard InChI is InChI=1S/C37H40ClFSi/c38-36-22-21-33(27-37(36)39)31-19-15-29(16-20-31)12-11-28-13-17-30(18-14-28)32-23-25-40(26-24-32,34-7-3-1-4-8-34)35-9-5-2-6-10-35/h1-10,15-16,19-22,27-28,30,32H,11-14,17-18,23-26H2/t28-,30-. The summed E-state index contributed by atoms with van der Waals surface area (Å²) < 4.78 is 13.9. The molecule has 0 nitrogen and oxygen atoms in total. The van der Waals surface area contributed by atoms with Crippen molar-refractivity contribution in [3.63, 3.8) is 0 Å². The Morgan fingerprint density at radius 2 is 1.18 bits per heavy atom. The molecule has 1 aliphatic heterocycles. The third kappa shape index (κ3) is 5.99. The van der Waals surface area contributed by atoms with E-state index in [-0.39, 0.29) is 10.8 Å². The molecule has 1 heterocycles. The molecule has 0 atom stereocenters. The van der Waals surface area contributed by atoms with E-state index >= 15 is 0 Å². The summed E-state index contributed by atoms with van der Waals surface area (Å²) in [6.45, 7) is 0. The van der Waals surface area contributed by atoms with Crippen LogP contribution in [0.4, 0.5) is 4.39 Å². The first-order valence-corrected chi connectivity index (χ1v) is 18.1. The summed E-state index contributed by atoms with van der Waals surface area (Å²) in [5.41, 5.74) is 3.30. The van der Waals surface area contributed by atoms with Crippen LogP contribution in [0.5, 0.6) is 0 Å². The van der Waals surface area contributed by atoms with Gasteiger partial charge in [-0.15, -0.1) is 0 Å². The van der Waals surface area contributed by atoms with E-state index in [2.05, 4.69) is 84.9 Å². The lowest BCUT2D eigenvalue weighted by Crippen LogP contribution is -2.60. The van der Waals surface area contributed by atoms with Gasteiger partial charge in [-0.05, 0) is 84.3 Å². The summed E-state index contributed by atoms with van der Waals surface area (Å²) in [6.07, 6.45) is 10.9. The van der Waals surface area contributed by atoms with Gasteiger partial charge in [-0.2, -0.15) is 0 Å². The van der Waals surface area contributed by atoms with Crippen molar-refractivity contribution >= 4 is 30.0 Å². The second-order valence-electron chi connectivity index (χ2n) is 12.3. The molecule has 206 valence electrons. The average Bonchev–Trinajstić information content (AvgIpc) is 3.03. The number of hydrogen-bond donors (Lipinski definition) is 0. The van der Waals surface area contributed by atoms with Crippen LogP contribution in [-0.4, -0.2) is 8.07 Å². The summed E-state index contributed by atoms with van der Waals surface area (Å²) in [7, 11) is -1.66.